The number of aromatic nitrogens is 2. The van der Waals surface area contributed by atoms with Crippen molar-refractivity contribution in [3.63, 3.8) is 0 Å². The van der Waals surface area contributed by atoms with Gasteiger partial charge in [0.25, 0.3) is 0 Å². The number of hydrogen-bond donors (Lipinski definition) is 0. The lowest BCUT2D eigenvalue weighted by molar-refractivity contribution is 0.902. The molecule has 1 aromatic heterocycles. The molecule has 0 atom stereocenters. The second-order valence-corrected chi connectivity index (χ2v) is 1.93. The van der Waals surface area contributed by atoms with E-state index in [1.165, 1.54) is 0 Å². The van der Waals surface area contributed by atoms with Crippen LogP contribution in [0.2, 0.25) is 0 Å². The summed E-state index contributed by atoms with van der Waals surface area (Å²) in [4.78, 5) is 3.95. The summed E-state index contributed by atoms with van der Waals surface area (Å²) in [5, 5.41) is 0. The molecule has 1 rings (SSSR count). The van der Waals surface area contributed by atoms with Gasteiger partial charge in [-0.25, -0.2) is 4.98 Å². The number of rotatable bonds is 1. The zero-order chi connectivity index (χ0) is 6.69. The number of hydrogen-bond acceptors (Lipinski definition) is 1. The summed E-state index contributed by atoms with van der Waals surface area (Å²) in [6.45, 7) is 1.99. The van der Waals surface area contributed by atoms with Crippen LogP contribution in [0.15, 0.2) is 18.6 Å². The van der Waals surface area contributed by atoms with Crippen molar-refractivity contribution in [2.24, 2.45) is 7.05 Å². The van der Waals surface area contributed by atoms with E-state index in [1.807, 2.05) is 36.9 Å². The summed E-state index contributed by atoms with van der Waals surface area (Å²) in [5.74, 6) is 0. The second-order valence-electron chi connectivity index (χ2n) is 1.93. The van der Waals surface area contributed by atoms with Crippen LogP contribution < -0.4 is 0 Å². The Hall–Kier alpha value is -1.05. The molecule has 0 saturated carbocycles. The summed E-state index contributed by atoms with van der Waals surface area (Å²) in [7, 11) is 1.97. The Bertz CT molecular complexity index is 210. The molecule has 0 saturated heterocycles. The molecule has 0 N–H and O–H groups in total. The van der Waals surface area contributed by atoms with Gasteiger partial charge in [0.1, 0.15) is 0 Å². The molecule has 0 aliphatic carbocycles. The van der Waals surface area contributed by atoms with Crippen molar-refractivity contribution < 1.29 is 0 Å². The van der Waals surface area contributed by atoms with Crippen molar-refractivity contribution in [3.8, 4) is 0 Å². The Morgan fingerprint density at radius 3 is 2.89 bits per heavy atom. The maximum absolute atomic E-state index is 3.95. The highest BCUT2D eigenvalue weighted by molar-refractivity contribution is 5.42. The fourth-order valence-corrected chi connectivity index (χ4v) is 0.699. The van der Waals surface area contributed by atoms with Gasteiger partial charge in [0.05, 0.1) is 18.2 Å². The van der Waals surface area contributed by atoms with E-state index >= 15 is 0 Å². The molecule has 2 heteroatoms. The zero-order valence-electron chi connectivity index (χ0n) is 5.70. The van der Waals surface area contributed by atoms with Crippen LogP contribution in [-0.2, 0) is 7.05 Å². The predicted molar refractivity (Wildman–Crippen MR) is 37.9 cm³/mol. The third-order valence-electron chi connectivity index (χ3n) is 1.19. The highest BCUT2D eigenvalue weighted by Crippen LogP contribution is 1.97. The molecule has 0 amide bonds. The summed E-state index contributed by atoms with van der Waals surface area (Å²) >= 11 is 0. The van der Waals surface area contributed by atoms with Crippen molar-refractivity contribution in [3.05, 3.63) is 24.3 Å². The monoisotopic (exact) mass is 122 g/mol. The average molecular weight is 122 g/mol. The van der Waals surface area contributed by atoms with E-state index in [4.69, 9.17) is 0 Å². The van der Waals surface area contributed by atoms with Crippen LogP contribution in [0, 0.1) is 0 Å². The first-order chi connectivity index (χ1) is 4.34. The van der Waals surface area contributed by atoms with Gasteiger partial charge in [-0.05, 0) is 13.0 Å². The standard InChI is InChI=1S/C7H10N2/c1-3-4-7-5-8-6-9(7)2/h3-6H,1-2H3/b4-3+. The lowest BCUT2D eigenvalue weighted by Gasteiger charge is -1.90. The lowest BCUT2D eigenvalue weighted by Crippen LogP contribution is -1.85. The molecule has 0 bridgehead atoms. The third kappa shape index (κ3) is 1.19. The number of nitrogens with zero attached hydrogens (tertiary/aromatic N) is 2. The van der Waals surface area contributed by atoms with E-state index < -0.39 is 0 Å². The van der Waals surface area contributed by atoms with Crippen molar-refractivity contribution in [2.45, 2.75) is 6.92 Å². The van der Waals surface area contributed by atoms with Crippen molar-refractivity contribution in [1.29, 1.82) is 0 Å². The van der Waals surface area contributed by atoms with Crippen LogP contribution in [0.4, 0.5) is 0 Å². The highest BCUT2D eigenvalue weighted by Gasteiger charge is 1.88. The molecule has 1 aromatic rings. The van der Waals surface area contributed by atoms with Crippen LogP contribution in [0.25, 0.3) is 6.08 Å². The van der Waals surface area contributed by atoms with Crippen molar-refractivity contribution >= 4 is 6.08 Å². The molecule has 1 heterocycles. The molecule has 2 nitrogen and oxygen atoms in total. The van der Waals surface area contributed by atoms with E-state index in [0.717, 1.165) is 5.69 Å². The molecule has 0 fully saturated rings. The molecule has 9 heavy (non-hydrogen) atoms. The van der Waals surface area contributed by atoms with Gasteiger partial charge < -0.3 is 4.57 Å². The molecule has 0 aromatic carbocycles. The van der Waals surface area contributed by atoms with Gasteiger partial charge >= 0.3 is 0 Å². The summed E-state index contributed by atoms with van der Waals surface area (Å²) < 4.78 is 1.97. The van der Waals surface area contributed by atoms with E-state index in [9.17, 15) is 0 Å². The normalized spacial score (nSPS) is 10.9. The molecule has 0 spiro atoms. The maximum Gasteiger partial charge on any atom is 0.0948 e. The number of imidazole rings is 1. The average Bonchev–Trinajstić information content (AvgIpc) is 2.18. The Labute approximate surface area is 54.8 Å². The van der Waals surface area contributed by atoms with E-state index in [-0.39, 0.29) is 0 Å². The minimum Gasteiger partial charge on any atom is -0.334 e. The summed E-state index contributed by atoms with van der Waals surface area (Å²) in [6, 6.07) is 0. The van der Waals surface area contributed by atoms with Crippen LogP contribution in [0.5, 0.6) is 0 Å². The maximum atomic E-state index is 3.95. The third-order valence-corrected chi connectivity index (χ3v) is 1.19. The Morgan fingerprint density at radius 1 is 1.67 bits per heavy atom. The van der Waals surface area contributed by atoms with Gasteiger partial charge in [-0.1, -0.05) is 6.08 Å². The van der Waals surface area contributed by atoms with Crippen LogP contribution in [0.3, 0.4) is 0 Å². The SMILES string of the molecule is C/C=C/c1cncn1C. The Morgan fingerprint density at radius 2 is 2.44 bits per heavy atom. The molecule has 0 radical (unpaired) electrons. The first-order valence-electron chi connectivity index (χ1n) is 2.93. The van der Waals surface area contributed by atoms with E-state index in [0.29, 0.717) is 0 Å². The quantitative estimate of drug-likeness (QED) is 0.551. The van der Waals surface area contributed by atoms with E-state index in [1.54, 1.807) is 6.33 Å². The lowest BCUT2D eigenvalue weighted by atomic mass is 10.4. The minimum atomic E-state index is 1.14. The number of aryl methyl sites for hydroxylation is 1. The molecular formula is C7H10N2. The van der Waals surface area contributed by atoms with Gasteiger partial charge in [0.15, 0.2) is 0 Å². The fourth-order valence-electron chi connectivity index (χ4n) is 0.699. The first-order valence-corrected chi connectivity index (χ1v) is 2.93. The predicted octanol–water partition coefficient (Wildman–Crippen LogP) is 1.45. The largest absolute Gasteiger partial charge is 0.334 e. The second kappa shape index (κ2) is 2.49. The Kier molecular flexibility index (Phi) is 1.68. The molecule has 0 aliphatic rings. The number of allylic oxidation sites excluding steroid dienone is 1. The van der Waals surface area contributed by atoms with Crippen LogP contribution >= 0.6 is 0 Å². The molecule has 0 unspecified atom stereocenters. The minimum absolute atomic E-state index is 1.14. The van der Waals surface area contributed by atoms with Crippen LogP contribution in [0.1, 0.15) is 12.6 Å². The summed E-state index contributed by atoms with van der Waals surface area (Å²) in [6.07, 6.45) is 7.64. The van der Waals surface area contributed by atoms with Gasteiger partial charge in [0, 0.05) is 7.05 Å². The summed E-state index contributed by atoms with van der Waals surface area (Å²) in [5.41, 5.74) is 1.14. The van der Waals surface area contributed by atoms with Gasteiger partial charge in [-0.3, -0.25) is 0 Å². The fraction of sp³-hybridized carbons (Fsp3) is 0.286. The molecular weight excluding hydrogens is 112 g/mol. The zero-order valence-corrected chi connectivity index (χ0v) is 5.70. The molecule has 0 aliphatic heterocycles. The van der Waals surface area contributed by atoms with Gasteiger partial charge in [-0.2, -0.15) is 0 Å². The topological polar surface area (TPSA) is 17.8 Å². The van der Waals surface area contributed by atoms with Gasteiger partial charge in [-0.15, -0.1) is 0 Å². The highest BCUT2D eigenvalue weighted by atomic mass is 15.0. The molecule has 48 valence electrons. The Balaban J connectivity index is 2.94. The van der Waals surface area contributed by atoms with Crippen LogP contribution in [-0.4, -0.2) is 9.55 Å². The smallest absolute Gasteiger partial charge is 0.0948 e. The van der Waals surface area contributed by atoms with Gasteiger partial charge in [0.2, 0.25) is 0 Å². The van der Waals surface area contributed by atoms with E-state index in [2.05, 4.69) is 4.98 Å². The van der Waals surface area contributed by atoms with Crippen molar-refractivity contribution in [1.82, 2.24) is 9.55 Å². The first kappa shape index (κ1) is 6.08. The van der Waals surface area contributed by atoms with Crippen molar-refractivity contribution in [2.75, 3.05) is 0 Å².